The number of nitrogens with zero attached hydrogens (tertiary/aromatic N) is 4. The van der Waals surface area contributed by atoms with Gasteiger partial charge in [0.25, 0.3) is 5.91 Å². The van der Waals surface area contributed by atoms with Crippen molar-refractivity contribution < 1.29 is 18.0 Å². The highest BCUT2D eigenvalue weighted by Crippen LogP contribution is 2.33. The lowest BCUT2D eigenvalue weighted by Crippen LogP contribution is -2.30. The van der Waals surface area contributed by atoms with E-state index in [2.05, 4.69) is 20.4 Å². The number of halogens is 3. The van der Waals surface area contributed by atoms with Crippen LogP contribution in [0.25, 0.3) is 0 Å². The van der Waals surface area contributed by atoms with Crippen LogP contribution in [0.3, 0.4) is 0 Å². The SMILES string of the molecule is CC(NC(=O)c1cnn(C(C)C)c1C(F)(F)F)c1ncccn1. The summed E-state index contributed by atoms with van der Waals surface area (Å²) in [4.78, 5) is 20.1. The third-order valence-corrected chi connectivity index (χ3v) is 3.12. The van der Waals surface area contributed by atoms with Crippen molar-refractivity contribution >= 4 is 5.91 Å². The molecule has 1 amide bonds. The number of carbonyl (C=O) groups is 1. The van der Waals surface area contributed by atoms with Crippen molar-refractivity contribution in [2.75, 3.05) is 0 Å². The quantitative estimate of drug-likeness (QED) is 0.937. The lowest BCUT2D eigenvalue weighted by Gasteiger charge is -2.16. The van der Waals surface area contributed by atoms with Crippen molar-refractivity contribution in [2.24, 2.45) is 0 Å². The lowest BCUT2D eigenvalue weighted by atomic mass is 10.2. The van der Waals surface area contributed by atoms with Crippen molar-refractivity contribution in [3.63, 3.8) is 0 Å². The van der Waals surface area contributed by atoms with Gasteiger partial charge in [-0.15, -0.1) is 0 Å². The smallest absolute Gasteiger partial charge is 0.342 e. The second-order valence-electron chi connectivity index (χ2n) is 5.25. The Morgan fingerprint density at radius 3 is 2.35 bits per heavy atom. The summed E-state index contributed by atoms with van der Waals surface area (Å²) >= 11 is 0. The number of nitrogens with one attached hydrogen (secondary N) is 1. The molecule has 0 saturated heterocycles. The Balaban J connectivity index is 2.30. The molecular weight excluding hydrogens is 311 g/mol. The van der Waals surface area contributed by atoms with Crippen LogP contribution in [0.2, 0.25) is 0 Å². The Morgan fingerprint density at radius 2 is 1.83 bits per heavy atom. The van der Waals surface area contributed by atoms with Crippen LogP contribution < -0.4 is 5.32 Å². The van der Waals surface area contributed by atoms with E-state index in [0.29, 0.717) is 5.82 Å². The minimum absolute atomic E-state index is 0.311. The highest BCUT2D eigenvalue weighted by Gasteiger charge is 2.40. The number of hydrogen-bond acceptors (Lipinski definition) is 4. The molecule has 0 fully saturated rings. The Bertz CT molecular complexity index is 681. The molecule has 23 heavy (non-hydrogen) atoms. The summed E-state index contributed by atoms with van der Waals surface area (Å²) < 4.78 is 40.6. The monoisotopic (exact) mass is 327 g/mol. The number of alkyl halides is 3. The van der Waals surface area contributed by atoms with Gasteiger partial charge in [-0.1, -0.05) is 0 Å². The van der Waals surface area contributed by atoms with E-state index in [4.69, 9.17) is 0 Å². The molecule has 0 aliphatic rings. The van der Waals surface area contributed by atoms with E-state index in [1.54, 1.807) is 26.8 Å². The summed E-state index contributed by atoms with van der Waals surface area (Å²) in [7, 11) is 0. The van der Waals surface area contributed by atoms with Gasteiger partial charge in [0, 0.05) is 18.4 Å². The summed E-state index contributed by atoms with van der Waals surface area (Å²) in [6, 6.07) is 0.446. The Labute approximate surface area is 130 Å². The zero-order chi connectivity index (χ0) is 17.2. The first-order valence-electron chi connectivity index (χ1n) is 6.94. The van der Waals surface area contributed by atoms with Gasteiger partial charge in [0.15, 0.2) is 5.69 Å². The zero-order valence-electron chi connectivity index (χ0n) is 12.8. The Morgan fingerprint density at radius 1 is 1.22 bits per heavy atom. The third-order valence-electron chi connectivity index (χ3n) is 3.12. The summed E-state index contributed by atoms with van der Waals surface area (Å²) in [5.74, 6) is -0.560. The fraction of sp³-hybridized carbons (Fsp3) is 0.429. The molecule has 0 bridgehead atoms. The van der Waals surface area contributed by atoms with Gasteiger partial charge >= 0.3 is 6.18 Å². The molecule has 1 N–H and O–H groups in total. The summed E-state index contributed by atoms with van der Waals surface area (Å²) in [5.41, 5.74) is -1.58. The van der Waals surface area contributed by atoms with Gasteiger partial charge in [-0.05, 0) is 26.8 Å². The second kappa shape index (κ2) is 6.35. The standard InChI is InChI=1S/C14H16F3N5O/c1-8(2)22-11(14(15,16)17)10(7-20-22)13(23)21-9(3)12-18-5-4-6-19-12/h4-9H,1-3H3,(H,21,23). The predicted octanol–water partition coefficient (Wildman–Crippen LogP) is 2.76. The van der Waals surface area contributed by atoms with Crippen molar-refractivity contribution in [2.45, 2.75) is 39.0 Å². The van der Waals surface area contributed by atoms with Crippen LogP contribution in [0.4, 0.5) is 13.2 Å². The number of carbonyl (C=O) groups excluding carboxylic acids is 1. The molecule has 0 aliphatic heterocycles. The van der Waals surface area contributed by atoms with Gasteiger partial charge < -0.3 is 5.32 Å². The molecule has 0 spiro atoms. The molecule has 2 aromatic heterocycles. The first-order chi connectivity index (χ1) is 10.7. The van der Waals surface area contributed by atoms with Crippen molar-refractivity contribution in [1.82, 2.24) is 25.1 Å². The maximum absolute atomic E-state index is 13.3. The highest BCUT2D eigenvalue weighted by atomic mass is 19.4. The second-order valence-corrected chi connectivity index (χ2v) is 5.25. The van der Waals surface area contributed by atoms with Gasteiger partial charge in [0.1, 0.15) is 5.82 Å². The van der Waals surface area contributed by atoms with E-state index >= 15 is 0 Å². The third kappa shape index (κ3) is 3.66. The van der Waals surface area contributed by atoms with E-state index in [1.165, 1.54) is 12.4 Å². The molecule has 9 heteroatoms. The first kappa shape index (κ1) is 16.9. The molecule has 1 atom stereocenters. The van der Waals surface area contributed by atoms with Gasteiger partial charge in [0.05, 0.1) is 17.8 Å². The Kier molecular flexibility index (Phi) is 4.67. The van der Waals surface area contributed by atoms with Crippen molar-refractivity contribution in [1.29, 1.82) is 0 Å². The largest absolute Gasteiger partial charge is 0.433 e. The first-order valence-corrected chi connectivity index (χ1v) is 6.94. The number of amides is 1. The van der Waals surface area contributed by atoms with Gasteiger partial charge in [-0.2, -0.15) is 18.3 Å². The molecular formula is C14H16F3N5O. The molecule has 124 valence electrons. The van der Waals surface area contributed by atoms with Crippen molar-refractivity contribution in [3.05, 3.63) is 41.7 Å². The fourth-order valence-electron chi connectivity index (χ4n) is 2.08. The van der Waals surface area contributed by atoms with Gasteiger partial charge in [-0.25, -0.2) is 9.97 Å². The molecule has 1 unspecified atom stereocenters. The van der Waals surface area contributed by atoms with E-state index in [0.717, 1.165) is 10.9 Å². The van der Waals surface area contributed by atoms with Crippen LogP contribution in [0.5, 0.6) is 0 Å². The average Bonchev–Trinajstić information content (AvgIpc) is 2.93. The molecule has 0 aromatic carbocycles. The van der Waals surface area contributed by atoms with Crippen LogP contribution >= 0.6 is 0 Å². The van der Waals surface area contributed by atoms with Crippen LogP contribution in [-0.2, 0) is 6.18 Å². The van der Waals surface area contributed by atoms with Crippen LogP contribution in [0.1, 0.15) is 54.7 Å². The molecule has 0 saturated carbocycles. The highest BCUT2D eigenvalue weighted by molar-refractivity contribution is 5.95. The van der Waals surface area contributed by atoms with Crippen LogP contribution in [0.15, 0.2) is 24.7 Å². The number of aromatic nitrogens is 4. The minimum Gasteiger partial charge on any atom is -0.342 e. The molecule has 0 radical (unpaired) electrons. The number of hydrogen-bond donors (Lipinski definition) is 1. The normalized spacial score (nSPS) is 13.2. The maximum Gasteiger partial charge on any atom is 0.433 e. The molecule has 2 heterocycles. The van der Waals surface area contributed by atoms with E-state index in [-0.39, 0.29) is 0 Å². The maximum atomic E-state index is 13.3. The van der Waals surface area contributed by atoms with Crippen LogP contribution in [-0.4, -0.2) is 25.7 Å². The fourth-order valence-corrected chi connectivity index (χ4v) is 2.08. The topological polar surface area (TPSA) is 72.7 Å². The molecule has 0 aliphatic carbocycles. The molecule has 6 nitrogen and oxygen atoms in total. The van der Waals surface area contributed by atoms with Gasteiger partial charge in [0.2, 0.25) is 0 Å². The summed E-state index contributed by atoms with van der Waals surface area (Å²) in [5, 5.41) is 6.15. The minimum atomic E-state index is -4.68. The van der Waals surface area contributed by atoms with E-state index in [1.807, 2.05) is 0 Å². The average molecular weight is 327 g/mol. The number of rotatable bonds is 4. The zero-order valence-corrected chi connectivity index (χ0v) is 12.8. The van der Waals surface area contributed by atoms with E-state index in [9.17, 15) is 18.0 Å². The predicted molar refractivity (Wildman–Crippen MR) is 75.5 cm³/mol. The van der Waals surface area contributed by atoms with E-state index < -0.39 is 35.4 Å². The van der Waals surface area contributed by atoms with Gasteiger partial charge in [-0.3, -0.25) is 9.48 Å². The van der Waals surface area contributed by atoms with Crippen molar-refractivity contribution in [3.8, 4) is 0 Å². The molecule has 2 rings (SSSR count). The summed E-state index contributed by atoms with van der Waals surface area (Å²) in [6.07, 6.45) is -0.775. The lowest BCUT2D eigenvalue weighted by molar-refractivity contribution is -0.145. The summed E-state index contributed by atoms with van der Waals surface area (Å²) in [6.45, 7) is 4.71. The Hall–Kier alpha value is -2.45. The molecule has 2 aromatic rings. The van der Waals surface area contributed by atoms with Crippen LogP contribution in [0, 0.1) is 0 Å².